The molecule has 0 aromatic heterocycles. The molecule has 0 bridgehead atoms. The SMILES string of the molecule is CC1(F)CC(OC(=O)Cl)C1(F)F. The number of halogens is 4. The van der Waals surface area contributed by atoms with Crippen LogP contribution in [0.2, 0.25) is 0 Å². The third-order valence-corrected chi connectivity index (χ3v) is 1.99. The summed E-state index contributed by atoms with van der Waals surface area (Å²) in [6.45, 7) is 0.756. The average molecular weight is 203 g/mol. The summed E-state index contributed by atoms with van der Waals surface area (Å²) in [4.78, 5) is 10.0. The Kier molecular flexibility index (Phi) is 2.02. The topological polar surface area (TPSA) is 26.3 Å². The number of hydrogen-bond donors (Lipinski definition) is 0. The van der Waals surface area contributed by atoms with Gasteiger partial charge in [-0.3, -0.25) is 0 Å². The zero-order valence-electron chi connectivity index (χ0n) is 6.11. The number of hydrogen-bond acceptors (Lipinski definition) is 2. The summed E-state index contributed by atoms with van der Waals surface area (Å²) in [6, 6.07) is 0. The van der Waals surface area contributed by atoms with Crippen molar-refractivity contribution in [1.29, 1.82) is 0 Å². The van der Waals surface area contributed by atoms with E-state index < -0.39 is 29.5 Å². The fourth-order valence-corrected chi connectivity index (χ4v) is 1.15. The summed E-state index contributed by atoms with van der Waals surface area (Å²) in [5.41, 5.74) is -3.93. The van der Waals surface area contributed by atoms with E-state index in [4.69, 9.17) is 0 Å². The Morgan fingerprint density at radius 3 is 2.33 bits per heavy atom. The van der Waals surface area contributed by atoms with Crippen LogP contribution in [0.4, 0.5) is 18.0 Å². The molecule has 0 N–H and O–H groups in total. The van der Waals surface area contributed by atoms with Crippen molar-refractivity contribution >= 4 is 17.0 Å². The molecule has 2 atom stereocenters. The lowest BCUT2D eigenvalue weighted by Gasteiger charge is -2.45. The first kappa shape index (κ1) is 9.64. The van der Waals surface area contributed by atoms with Crippen molar-refractivity contribution < 1.29 is 22.7 Å². The molecule has 1 aliphatic rings. The Morgan fingerprint density at radius 1 is 1.58 bits per heavy atom. The van der Waals surface area contributed by atoms with Crippen molar-refractivity contribution in [2.45, 2.75) is 31.0 Å². The first-order valence-corrected chi connectivity index (χ1v) is 3.58. The summed E-state index contributed by atoms with van der Waals surface area (Å²) in [5, 5.41) is 0. The van der Waals surface area contributed by atoms with Crippen molar-refractivity contribution in [2.75, 3.05) is 0 Å². The van der Waals surface area contributed by atoms with Gasteiger partial charge in [0.25, 0.3) is 0 Å². The van der Waals surface area contributed by atoms with Crippen LogP contribution in [0.25, 0.3) is 0 Å². The summed E-state index contributed by atoms with van der Waals surface area (Å²) < 4.78 is 41.9. The molecule has 6 heteroatoms. The van der Waals surface area contributed by atoms with E-state index in [1.807, 2.05) is 0 Å². The molecule has 12 heavy (non-hydrogen) atoms. The number of carbonyl (C=O) groups is 1. The molecule has 0 spiro atoms. The maximum atomic E-state index is 12.7. The van der Waals surface area contributed by atoms with E-state index in [1.54, 1.807) is 0 Å². The second-order valence-electron chi connectivity index (χ2n) is 2.87. The molecule has 0 saturated heterocycles. The number of carbonyl (C=O) groups excluding carboxylic acids is 1. The molecule has 0 aromatic rings. The first-order valence-electron chi connectivity index (χ1n) is 3.20. The second-order valence-corrected chi connectivity index (χ2v) is 3.18. The van der Waals surface area contributed by atoms with Crippen LogP contribution in [0, 0.1) is 0 Å². The maximum Gasteiger partial charge on any atom is 0.404 e. The quantitative estimate of drug-likeness (QED) is 0.611. The van der Waals surface area contributed by atoms with E-state index in [0.29, 0.717) is 0 Å². The molecule has 0 aliphatic heterocycles. The van der Waals surface area contributed by atoms with Crippen LogP contribution in [-0.2, 0) is 4.74 Å². The minimum atomic E-state index is -3.63. The number of rotatable bonds is 1. The van der Waals surface area contributed by atoms with Crippen molar-refractivity contribution in [3.05, 3.63) is 0 Å². The highest BCUT2D eigenvalue weighted by atomic mass is 35.5. The van der Waals surface area contributed by atoms with Gasteiger partial charge >= 0.3 is 11.4 Å². The lowest BCUT2D eigenvalue weighted by Crippen LogP contribution is -2.64. The minimum absolute atomic E-state index is 0.515. The molecule has 70 valence electrons. The van der Waals surface area contributed by atoms with E-state index in [1.165, 1.54) is 0 Å². The predicted molar refractivity (Wildman–Crippen MR) is 35.2 cm³/mol. The Hall–Kier alpha value is -0.450. The standard InChI is InChI=1S/C6H6ClF3O2/c1-5(8)2-3(6(5,9)10)12-4(7)11/h3H,2H2,1H3. The monoisotopic (exact) mass is 202 g/mol. The Balaban J connectivity index is 2.60. The van der Waals surface area contributed by atoms with E-state index in [2.05, 4.69) is 16.3 Å². The van der Waals surface area contributed by atoms with Gasteiger partial charge in [-0.25, -0.2) is 9.18 Å². The molecule has 0 radical (unpaired) electrons. The average Bonchev–Trinajstić information content (AvgIpc) is 1.85. The molecule has 1 saturated carbocycles. The van der Waals surface area contributed by atoms with E-state index in [9.17, 15) is 18.0 Å². The number of alkyl halides is 3. The van der Waals surface area contributed by atoms with Gasteiger partial charge in [0.1, 0.15) is 0 Å². The fraction of sp³-hybridized carbons (Fsp3) is 0.833. The summed E-state index contributed by atoms with van der Waals surface area (Å²) >= 11 is 4.69. The molecule has 0 heterocycles. The van der Waals surface area contributed by atoms with Gasteiger partial charge in [0, 0.05) is 18.0 Å². The molecule has 0 amide bonds. The Morgan fingerprint density at radius 2 is 2.08 bits per heavy atom. The van der Waals surface area contributed by atoms with Crippen LogP contribution in [0.1, 0.15) is 13.3 Å². The largest absolute Gasteiger partial charge is 0.444 e. The van der Waals surface area contributed by atoms with Gasteiger partial charge < -0.3 is 4.74 Å². The highest BCUT2D eigenvalue weighted by molar-refractivity contribution is 6.61. The molecular formula is C6H6ClF3O2. The number of ether oxygens (including phenoxy) is 1. The van der Waals surface area contributed by atoms with E-state index >= 15 is 0 Å². The molecule has 1 aliphatic carbocycles. The highest BCUT2D eigenvalue weighted by Gasteiger charge is 2.69. The third kappa shape index (κ3) is 1.26. The van der Waals surface area contributed by atoms with Crippen LogP contribution in [0.3, 0.4) is 0 Å². The normalized spacial score (nSPS) is 38.6. The summed E-state index contributed by atoms with van der Waals surface area (Å²) in [5.74, 6) is -3.63. The molecule has 2 nitrogen and oxygen atoms in total. The van der Waals surface area contributed by atoms with Gasteiger partial charge in [-0.05, 0) is 6.92 Å². The summed E-state index contributed by atoms with van der Waals surface area (Å²) in [6.07, 6.45) is -2.24. The lowest BCUT2D eigenvalue weighted by molar-refractivity contribution is -0.270. The van der Waals surface area contributed by atoms with Gasteiger partial charge in [-0.15, -0.1) is 0 Å². The lowest BCUT2D eigenvalue weighted by atomic mass is 9.76. The van der Waals surface area contributed by atoms with Gasteiger partial charge in [0.05, 0.1) is 0 Å². The van der Waals surface area contributed by atoms with Gasteiger partial charge in [-0.1, -0.05) is 0 Å². The summed E-state index contributed by atoms with van der Waals surface area (Å²) in [7, 11) is 0. The van der Waals surface area contributed by atoms with E-state index in [-0.39, 0.29) is 0 Å². The van der Waals surface area contributed by atoms with Crippen LogP contribution >= 0.6 is 11.6 Å². The zero-order valence-corrected chi connectivity index (χ0v) is 6.87. The Labute approximate surface area is 71.6 Å². The van der Waals surface area contributed by atoms with Gasteiger partial charge in [0.2, 0.25) is 0 Å². The predicted octanol–water partition coefficient (Wildman–Crippen LogP) is 2.50. The van der Waals surface area contributed by atoms with Crippen molar-refractivity contribution in [1.82, 2.24) is 0 Å². The second kappa shape index (κ2) is 2.52. The van der Waals surface area contributed by atoms with E-state index in [0.717, 1.165) is 6.92 Å². The fourth-order valence-electron chi connectivity index (χ4n) is 1.04. The van der Waals surface area contributed by atoms with Crippen molar-refractivity contribution in [3.8, 4) is 0 Å². The van der Waals surface area contributed by atoms with Crippen LogP contribution in [0.15, 0.2) is 0 Å². The van der Waals surface area contributed by atoms with Crippen molar-refractivity contribution in [3.63, 3.8) is 0 Å². The smallest absolute Gasteiger partial charge is 0.404 e. The Bertz CT molecular complexity index is 217. The molecule has 1 fully saturated rings. The zero-order chi connectivity index (χ0) is 9.57. The minimum Gasteiger partial charge on any atom is -0.444 e. The van der Waals surface area contributed by atoms with Crippen LogP contribution < -0.4 is 0 Å². The van der Waals surface area contributed by atoms with Gasteiger partial charge in [-0.2, -0.15) is 8.78 Å². The molecule has 1 rings (SSSR count). The maximum absolute atomic E-state index is 12.7. The van der Waals surface area contributed by atoms with Crippen LogP contribution in [-0.4, -0.2) is 23.1 Å². The first-order chi connectivity index (χ1) is 5.27. The highest BCUT2D eigenvalue weighted by Crippen LogP contribution is 2.51. The molecule has 2 unspecified atom stereocenters. The van der Waals surface area contributed by atoms with Crippen molar-refractivity contribution in [2.24, 2.45) is 0 Å². The third-order valence-electron chi connectivity index (χ3n) is 1.90. The molecule has 0 aromatic carbocycles. The van der Waals surface area contributed by atoms with Gasteiger partial charge in [0.15, 0.2) is 11.8 Å². The molecular weight excluding hydrogens is 197 g/mol. The van der Waals surface area contributed by atoms with Crippen LogP contribution in [0.5, 0.6) is 0 Å².